The molecule has 1 aromatic rings. The number of fused-ring (bicyclic) bond motifs is 2. The van der Waals surface area contributed by atoms with Gasteiger partial charge in [-0.05, 0) is 12.5 Å². The molecular formula is C15H18N2O3. The minimum Gasteiger partial charge on any atom is -0.493 e. The van der Waals surface area contributed by atoms with E-state index in [1.165, 1.54) is 4.90 Å². The lowest BCUT2D eigenvalue weighted by atomic mass is 9.84. The summed E-state index contributed by atoms with van der Waals surface area (Å²) in [6.07, 6.45) is 2.26. The van der Waals surface area contributed by atoms with E-state index in [1.807, 2.05) is 31.2 Å². The number of amides is 3. The third kappa shape index (κ3) is 1.77. The van der Waals surface area contributed by atoms with Crippen molar-refractivity contribution in [3.05, 3.63) is 29.8 Å². The van der Waals surface area contributed by atoms with Crippen molar-refractivity contribution in [2.75, 3.05) is 13.2 Å². The molecule has 1 spiro atoms. The molecule has 1 saturated heterocycles. The normalized spacial score (nSPS) is 24.6. The highest BCUT2D eigenvalue weighted by atomic mass is 16.5. The van der Waals surface area contributed by atoms with Gasteiger partial charge in [0.1, 0.15) is 5.75 Å². The lowest BCUT2D eigenvalue weighted by Gasteiger charge is -2.33. The number of urea groups is 1. The van der Waals surface area contributed by atoms with Gasteiger partial charge in [0, 0.05) is 18.5 Å². The highest BCUT2D eigenvalue weighted by Crippen LogP contribution is 2.40. The molecule has 106 valence electrons. The van der Waals surface area contributed by atoms with Crippen molar-refractivity contribution in [3.8, 4) is 5.75 Å². The fourth-order valence-electron chi connectivity index (χ4n) is 2.89. The van der Waals surface area contributed by atoms with Crippen molar-refractivity contribution in [2.24, 2.45) is 0 Å². The molecule has 0 radical (unpaired) electrons. The number of hydrogen-bond donors (Lipinski definition) is 1. The summed E-state index contributed by atoms with van der Waals surface area (Å²) in [7, 11) is 0. The molecule has 20 heavy (non-hydrogen) atoms. The number of benzene rings is 1. The standard InChI is InChI=1S/C15H18N2O3/c1-2-3-9-17-13(18)15(16-14(17)19)8-10-20-12-7-5-4-6-11(12)15/h4-7H,2-3,8-10H2,1H3,(H,16,19). The van der Waals surface area contributed by atoms with Gasteiger partial charge in [-0.3, -0.25) is 9.69 Å². The van der Waals surface area contributed by atoms with Gasteiger partial charge >= 0.3 is 6.03 Å². The summed E-state index contributed by atoms with van der Waals surface area (Å²) in [4.78, 5) is 26.2. The van der Waals surface area contributed by atoms with Gasteiger partial charge < -0.3 is 10.1 Å². The van der Waals surface area contributed by atoms with Crippen LogP contribution < -0.4 is 10.1 Å². The number of carbonyl (C=O) groups excluding carboxylic acids is 2. The van der Waals surface area contributed by atoms with E-state index >= 15 is 0 Å². The number of ether oxygens (including phenoxy) is 1. The number of hydrogen-bond acceptors (Lipinski definition) is 3. The maximum Gasteiger partial charge on any atom is 0.325 e. The van der Waals surface area contributed by atoms with E-state index in [4.69, 9.17) is 4.74 Å². The summed E-state index contributed by atoms with van der Waals surface area (Å²) < 4.78 is 5.59. The van der Waals surface area contributed by atoms with Gasteiger partial charge in [-0.2, -0.15) is 0 Å². The zero-order valence-corrected chi connectivity index (χ0v) is 11.5. The molecule has 1 unspecified atom stereocenters. The molecule has 2 heterocycles. The van der Waals surface area contributed by atoms with Crippen LogP contribution in [-0.4, -0.2) is 30.0 Å². The fourth-order valence-corrected chi connectivity index (χ4v) is 2.89. The third-order valence-electron chi connectivity index (χ3n) is 3.99. The Morgan fingerprint density at radius 3 is 2.95 bits per heavy atom. The molecule has 1 N–H and O–H groups in total. The predicted octanol–water partition coefficient (Wildman–Crippen LogP) is 2.02. The Labute approximate surface area is 117 Å². The minimum absolute atomic E-state index is 0.147. The molecule has 1 atom stereocenters. The molecule has 5 heteroatoms. The highest BCUT2D eigenvalue weighted by molar-refractivity contribution is 6.07. The van der Waals surface area contributed by atoms with Crippen LogP contribution in [0.5, 0.6) is 5.75 Å². The highest BCUT2D eigenvalue weighted by Gasteiger charge is 2.54. The predicted molar refractivity (Wildman–Crippen MR) is 73.4 cm³/mol. The molecule has 0 saturated carbocycles. The summed E-state index contributed by atoms with van der Waals surface area (Å²) >= 11 is 0. The lowest BCUT2D eigenvalue weighted by molar-refractivity contribution is -0.132. The minimum atomic E-state index is -0.931. The van der Waals surface area contributed by atoms with Gasteiger partial charge in [0.25, 0.3) is 5.91 Å². The number of nitrogens with one attached hydrogen (secondary N) is 1. The average Bonchev–Trinajstić information content (AvgIpc) is 2.69. The molecule has 0 aliphatic carbocycles. The number of para-hydroxylation sites is 1. The number of carbonyl (C=O) groups is 2. The van der Waals surface area contributed by atoms with E-state index in [0.717, 1.165) is 18.4 Å². The smallest absolute Gasteiger partial charge is 0.325 e. The third-order valence-corrected chi connectivity index (χ3v) is 3.99. The van der Waals surface area contributed by atoms with Gasteiger partial charge in [-0.25, -0.2) is 4.79 Å². The van der Waals surface area contributed by atoms with Gasteiger partial charge in [-0.15, -0.1) is 0 Å². The molecule has 2 aliphatic rings. The number of unbranched alkanes of at least 4 members (excludes halogenated alkanes) is 1. The molecule has 1 aromatic carbocycles. The Hall–Kier alpha value is -2.04. The summed E-state index contributed by atoms with van der Waals surface area (Å²) in [6, 6.07) is 7.14. The zero-order chi connectivity index (χ0) is 14.2. The number of imide groups is 1. The van der Waals surface area contributed by atoms with E-state index in [9.17, 15) is 9.59 Å². The van der Waals surface area contributed by atoms with Gasteiger partial charge in [0.15, 0.2) is 5.54 Å². The summed E-state index contributed by atoms with van der Waals surface area (Å²) in [5.74, 6) is 0.538. The Morgan fingerprint density at radius 1 is 1.35 bits per heavy atom. The monoisotopic (exact) mass is 274 g/mol. The van der Waals surface area contributed by atoms with E-state index in [1.54, 1.807) is 0 Å². The topological polar surface area (TPSA) is 58.6 Å². The molecule has 0 bridgehead atoms. The maximum absolute atomic E-state index is 12.7. The van der Waals surface area contributed by atoms with E-state index < -0.39 is 5.54 Å². The Bertz CT molecular complexity index is 558. The van der Waals surface area contributed by atoms with Crippen LogP contribution in [0.1, 0.15) is 31.7 Å². The van der Waals surface area contributed by atoms with Gasteiger partial charge in [0.05, 0.1) is 6.61 Å². The van der Waals surface area contributed by atoms with Crippen molar-refractivity contribution in [1.29, 1.82) is 0 Å². The van der Waals surface area contributed by atoms with Gasteiger partial charge in [-0.1, -0.05) is 31.5 Å². The first-order chi connectivity index (χ1) is 9.69. The van der Waals surface area contributed by atoms with Crippen molar-refractivity contribution in [3.63, 3.8) is 0 Å². The first kappa shape index (κ1) is 13.0. The summed E-state index contributed by atoms with van der Waals surface area (Å²) in [5, 5.41) is 2.89. The van der Waals surface area contributed by atoms with Crippen LogP contribution in [0.3, 0.4) is 0 Å². The largest absolute Gasteiger partial charge is 0.493 e. The van der Waals surface area contributed by atoms with Crippen LogP contribution in [0.15, 0.2) is 24.3 Å². The van der Waals surface area contributed by atoms with Crippen LogP contribution in [0.25, 0.3) is 0 Å². The molecule has 2 aliphatic heterocycles. The van der Waals surface area contributed by atoms with Crippen molar-refractivity contribution in [2.45, 2.75) is 31.7 Å². The fraction of sp³-hybridized carbons (Fsp3) is 0.467. The van der Waals surface area contributed by atoms with E-state index in [0.29, 0.717) is 25.3 Å². The van der Waals surface area contributed by atoms with E-state index in [2.05, 4.69) is 5.32 Å². The second-order valence-corrected chi connectivity index (χ2v) is 5.24. The number of rotatable bonds is 3. The maximum atomic E-state index is 12.7. The molecule has 5 nitrogen and oxygen atoms in total. The molecule has 3 rings (SSSR count). The van der Waals surface area contributed by atoms with Crippen LogP contribution in [-0.2, 0) is 10.3 Å². The van der Waals surface area contributed by atoms with Crippen LogP contribution in [0.2, 0.25) is 0 Å². The van der Waals surface area contributed by atoms with E-state index in [-0.39, 0.29) is 11.9 Å². The van der Waals surface area contributed by atoms with Gasteiger partial charge in [0.2, 0.25) is 0 Å². The quantitative estimate of drug-likeness (QED) is 0.858. The molecule has 0 aromatic heterocycles. The Morgan fingerprint density at radius 2 is 2.15 bits per heavy atom. The zero-order valence-electron chi connectivity index (χ0n) is 11.5. The molecule has 3 amide bonds. The second kappa shape index (κ2) is 4.81. The average molecular weight is 274 g/mol. The van der Waals surface area contributed by atoms with Crippen molar-refractivity contribution in [1.82, 2.24) is 10.2 Å². The molecule has 1 fully saturated rings. The summed E-state index contributed by atoms with van der Waals surface area (Å²) in [6.45, 7) is 2.95. The van der Waals surface area contributed by atoms with Crippen molar-refractivity contribution < 1.29 is 14.3 Å². The second-order valence-electron chi connectivity index (χ2n) is 5.24. The Balaban J connectivity index is 1.98. The summed E-state index contributed by atoms with van der Waals surface area (Å²) in [5.41, 5.74) is -0.164. The first-order valence-corrected chi connectivity index (χ1v) is 7.05. The Kier molecular flexibility index (Phi) is 3.12. The van der Waals surface area contributed by atoms with Crippen LogP contribution >= 0.6 is 0 Å². The first-order valence-electron chi connectivity index (χ1n) is 7.05. The number of nitrogens with zero attached hydrogens (tertiary/aromatic N) is 1. The van der Waals surface area contributed by atoms with Crippen molar-refractivity contribution >= 4 is 11.9 Å². The lowest BCUT2D eigenvalue weighted by Crippen LogP contribution is -2.47. The molecular weight excluding hydrogens is 256 g/mol. The SMILES string of the molecule is CCCCN1C(=O)NC2(CCOc3ccccc32)C1=O. The van der Waals surface area contributed by atoms with Crippen LogP contribution in [0, 0.1) is 0 Å². The van der Waals surface area contributed by atoms with Crippen LogP contribution in [0.4, 0.5) is 4.79 Å².